The summed E-state index contributed by atoms with van der Waals surface area (Å²) in [4.78, 5) is 0. The van der Waals surface area contributed by atoms with Crippen molar-refractivity contribution in [1.82, 2.24) is 9.78 Å². The average molecular weight is 227 g/mol. The zero-order valence-corrected chi connectivity index (χ0v) is 9.37. The lowest BCUT2D eigenvalue weighted by Gasteiger charge is -1.99. The van der Waals surface area contributed by atoms with E-state index < -0.39 is 0 Å². The largest absolute Gasteiger partial charge is 0.396 e. The van der Waals surface area contributed by atoms with Gasteiger partial charge in [-0.1, -0.05) is 30.3 Å². The molecule has 0 saturated heterocycles. The molecule has 0 radical (unpaired) electrons. The molecule has 1 aromatic carbocycles. The van der Waals surface area contributed by atoms with Crippen molar-refractivity contribution in [2.45, 2.75) is 13.0 Å². The van der Waals surface area contributed by atoms with Gasteiger partial charge in [-0.25, -0.2) is 0 Å². The van der Waals surface area contributed by atoms with Gasteiger partial charge in [-0.15, -0.1) is 0 Å². The third-order valence-corrected chi connectivity index (χ3v) is 2.50. The smallest absolute Gasteiger partial charge is 0.128 e. The summed E-state index contributed by atoms with van der Waals surface area (Å²) in [5.41, 5.74) is 2.82. The van der Waals surface area contributed by atoms with Crippen molar-refractivity contribution in [3.05, 3.63) is 42.1 Å². The highest BCUT2D eigenvalue weighted by Gasteiger charge is 2.10. The molecule has 0 fully saturated rings. The van der Waals surface area contributed by atoms with Gasteiger partial charge in [0.25, 0.3) is 0 Å². The fourth-order valence-electron chi connectivity index (χ4n) is 1.76. The molecular weight excluding hydrogens is 214 g/mol. The molecule has 1 aromatic heterocycles. The number of nitrogens with zero attached hydrogens (tertiary/aromatic N) is 3. The van der Waals surface area contributed by atoms with Crippen LogP contribution in [-0.4, -0.2) is 21.5 Å². The van der Waals surface area contributed by atoms with Gasteiger partial charge in [0.15, 0.2) is 0 Å². The Labute approximate surface area is 99.7 Å². The molecule has 0 saturated carbocycles. The van der Waals surface area contributed by atoms with Gasteiger partial charge in [-0.05, 0) is 6.42 Å². The summed E-state index contributed by atoms with van der Waals surface area (Å²) in [7, 11) is 0. The zero-order valence-electron chi connectivity index (χ0n) is 9.37. The molecule has 2 aromatic rings. The van der Waals surface area contributed by atoms with Crippen molar-refractivity contribution in [1.29, 1.82) is 5.26 Å². The van der Waals surface area contributed by atoms with Crippen LogP contribution in [0.2, 0.25) is 0 Å². The van der Waals surface area contributed by atoms with Crippen LogP contribution in [0.3, 0.4) is 0 Å². The van der Waals surface area contributed by atoms with Crippen LogP contribution in [0.4, 0.5) is 0 Å². The summed E-state index contributed by atoms with van der Waals surface area (Å²) >= 11 is 0. The molecular formula is C13H13N3O. The second kappa shape index (κ2) is 5.28. The molecule has 17 heavy (non-hydrogen) atoms. The van der Waals surface area contributed by atoms with Crippen LogP contribution in [0.25, 0.3) is 11.3 Å². The van der Waals surface area contributed by atoms with Crippen LogP contribution in [-0.2, 0) is 13.0 Å². The third-order valence-electron chi connectivity index (χ3n) is 2.50. The number of benzene rings is 1. The van der Waals surface area contributed by atoms with E-state index in [0.717, 1.165) is 16.8 Å². The van der Waals surface area contributed by atoms with Crippen molar-refractivity contribution >= 4 is 0 Å². The monoisotopic (exact) mass is 227 g/mol. The van der Waals surface area contributed by atoms with Crippen LogP contribution >= 0.6 is 0 Å². The first-order valence-electron chi connectivity index (χ1n) is 5.44. The van der Waals surface area contributed by atoms with Crippen LogP contribution in [0.5, 0.6) is 0 Å². The van der Waals surface area contributed by atoms with Gasteiger partial charge in [-0.2, -0.15) is 10.4 Å². The third kappa shape index (κ3) is 2.52. The van der Waals surface area contributed by atoms with Crippen molar-refractivity contribution in [2.75, 3.05) is 6.61 Å². The number of hydrogen-bond acceptors (Lipinski definition) is 3. The van der Waals surface area contributed by atoms with Gasteiger partial charge in [0.1, 0.15) is 6.54 Å². The van der Waals surface area contributed by atoms with Crippen molar-refractivity contribution in [3.8, 4) is 17.3 Å². The Bertz CT molecular complexity index is 525. The number of aliphatic hydroxyl groups excluding tert-OH is 1. The number of nitriles is 1. The van der Waals surface area contributed by atoms with E-state index >= 15 is 0 Å². The number of rotatable bonds is 4. The minimum Gasteiger partial charge on any atom is -0.396 e. The first-order valence-corrected chi connectivity index (χ1v) is 5.44. The standard InChI is InChI=1S/C13H13N3O/c14-7-8-16-10-12(6-9-17)13(15-16)11-4-2-1-3-5-11/h1-5,10,17H,6,8-9H2. The highest BCUT2D eigenvalue weighted by Crippen LogP contribution is 2.22. The van der Waals surface area contributed by atoms with E-state index in [4.69, 9.17) is 10.4 Å². The molecule has 1 heterocycles. The van der Waals surface area contributed by atoms with Crippen LogP contribution in [0.15, 0.2) is 36.5 Å². The van der Waals surface area contributed by atoms with E-state index in [9.17, 15) is 0 Å². The topological polar surface area (TPSA) is 61.8 Å². The van der Waals surface area contributed by atoms with E-state index in [2.05, 4.69) is 11.2 Å². The average Bonchev–Trinajstić information content (AvgIpc) is 2.74. The summed E-state index contributed by atoms with van der Waals surface area (Å²) in [5, 5.41) is 22.1. The second-order valence-corrected chi connectivity index (χ2v) is 3.70. The minimum atomic E-state index is 0.0814. The Balaban J connectivity index is 2.41. The number of hydrogen-bond donors (Lipinski definition) is 1. The molecule has 1 N–H and O–H groups in total. The number of aliphatic hydroxyl groups is 1. The van der Waals surface area contributed by atoms with Gasteiger partial charge < -0.3 is 5.11 Å². The van der Waals surface area contributed by atoms with Crippen LogP contribution in [0.1, 0.15) is 5.56 Å². The maximum atomic E-state index is 9.03. The Kier molecular flexibility index (Phi) is 3.53. The molecule has 2 rings (SSSR count). The van der Waals surface area contributed by atoms with Crippen LogP contribution < -0.4 is 0 Å². The van der Waals surface area contributed by atoms with Gasteiger partial charge in [0.2, 0.25) is 0 Å². The van der Waals surface area contributed by atoms with E-state index in [-0.39, 0.29) is 13.2 Å². The van der Waals surface area contributed by atoms with Crippen molar-refractivity contribution in [2.24, 2.45) is 0 Å². The lowest BCUT2D eigenvalue weighted by atomic mass is 10.1. The molecule has 0 aliphatic rings. The van der Waals surface area contributed by atoms with E-state index in [1.807, 2.05) is 36.5 Å². The molecule has 0 unspecified atom stereocenters. The van der Waals surface area contributed by atoms with E-state index in [0.29, 0.717) is 6.42 Å². The first kappa shape index (κ1) is 11.4. The second-order valence-electron chi connectivity index (χ2n) is 3.70. The highest BCUT2D eigenvalue weighted by atomic mass is 16.2. The Morgan fingerprint density at radius 2 is 2.06 bits per heavy atom. The quantitative estimate of drug-likeness (QED) is 0.863. The zero-order chi connectivity index (χ0) is 12.1. The van der Waals surface area contributed by atoms with Gasteiger partial charge in [0.05, 0.1) is 11.8 Å². The summed E-state index contributed by atoms with van der Waals surface area (Å²) in [6, 6.07) is 11.8. The first-order chi connectivity index (χ1) is 8.35. The molecule has 0 aliphatic carbocycles. The molecule has 0 atom stereocenters. The fourth-order valence-corrected chi connectivity index (χ4v) is 1.76. The molecule has 4 heteroatoms. The predicted molar refractivity (Wildman–Crippen MR) is 64.1 cm³/mol. The Morgan fingerprint density at radius 3 is 2.71 bits per heavy atom. The van der Waals surface area contributed by atoms with Crippen molar-refractivity contribution < 1.29 is 5.11 Å². The fraction of sp³-hybridized carbons (Fsp3) is 0.231. The lowest BCUT2D eigenvalue weighted by Crippen LogP contribution is -1.95. The number of aromatic nitrogens is 2. The van der Waals surface area contributed by atoms with Crippen molar-refractivity contribution in [3.63, 3.8) is 0 Å². The highest BCUT2D eigenvalue weighted by molar-refractivity contribution is 5.62. The Hall–Kier alpha value is -2.12. The van der Waals surface area contributed by atoms with Gasteiger partial charge >= 0.3 is 0 Å². The normalized spacial score (nSPS) is 10.1. The van der Waals surface area contributed by atoms with Gasteiger partial charge in [0, 0.05) is 23.9 Å². The molecule has 86 valence electrons. The lowest BCUT2D eigenvalue weighted by molar-refractivity contribution is 0.299. The van der Waals surface area contributed by atoms with E-state index in [1.165, 1.54) is 0 Å². The van der Waals surface area contributed by atoms with Gasteiger partial charge in [-0.3, -0.25) is 4.68 Å². The molecule has 0 bridgehead atoms. The summed E-state index contributed by atoms with van der Waals surface area (Å²) in [5.74, 6) is 0. The molecule has 4 nitrogen and oxygen atoms in total. The predicted octanol–water partition coefficient (Wildman–Crippen LogP) is 1.61. The summed E-state index contributed by atoms with van der Waals surface area (Å²) in [6.07, 6.45) is 2.37. The van der Waals surface area contributed by atoms with Crippen LogP contribution in [0, 0.1) is 11.3 Å². The summed E-state index contributed by atoms with van der Waals surface area (Å²) in [6.45, 7) is 0.309. The molecule has 0 amide bonds. The maximum absolute atomic E-state index is 9.03. The minimum absolute atomic E-state index is 0.0814. The van der Waals surface area contributed by atoms with E-state index in [1.54, 1.807) is 4.68 Å². The summed E-state index contributed by atoms with van der Waals surface area (Å²) < 4.78 is 1.60. The molecule has 0 spiro atoms. The maximum Gasteiger partial charge on any atom is 0.128 e. The molecule has 0 aliphatic heterocycles. The SMILES string of the molecule is N#CCn1cc(CCO)c(-c2ccccc2)n1. The Morgan fingerprint density at radius 1 is 1.29 bits per heavy atom.